The van der Waals surface area contributed by atoms with E-state index in [9.17, 15) is 9.90 Å². The number of carbonyl (C=O) groups excluding carboxylic acids is 1. The first kappa shape index (κ1) is 23.1. The quantitative estimate of drug-likeness (QED) is 0.432. The molecule has 1 saturated carbocycles. The lowest BCUT2D eigenvalue weighted by atomic mass is 9.97. The highest BCUT2D eigenvalue weighted by Crippen LogP contribution is 2.41. The van der Waals surface area contributed by atoms with Gasteiger partial charge in [-0.2, -0.15) is 0 Å². The first-order chi connectivity index (χ1) is 15.4. The molecule has 0 saturated heterocycles. The molecule has 3 N–H and O–H groups in total. The van der Waals surface area contributed by atoms with Gasteiger partial charge >= 0.3 is 0 Å². The van der Waals surface area contributed by atoms with E-state index in [2.05, 4.69) is 55.4 Å². The van der Waals surface area contributed by atoms with Crippen molar-refractivity contribution in [2.45, 2.75) is 44.1 Å². The standard InChI is InChI=1S/C24H32BrN5O2/c1-15-11-20(31)22-21(15)23(29-14-28-22)26-9-10-27-24(32)19(13-30(2)12-16-3-4-16)17-5-7-18(25)8-6-17/h5-8,14-16,19-20,31H,3-4,9-13H2,1-2H3,(H,27,32)(H,26,28,29)/t15-,19-,20+/m1/s1. The molecule has 3 atom stereocenters. The molecule has 2 aliphatic carbocycles. The van der Waals surface area contributed by atoms with Gasteiger partial charge in [-0.15, -0.1) is 0 Å². The van der Waals surface area contributed by atoms with Gasteiger partial charge in [0.15, 0.2) is 0 Å². The van der Waals surface area contributed by atoms with Crippen molar-refractivity contribution in [3.05, 3.63) is 51.9 Å². The van der Waals surface area contributed by atoms with E-state index in [4.69, 9.17) is 0 Å². The number of likely N-dealkylation sites (N-methyl/N-ethyl adjacent to an activating group) is 1. The van der Waals surface area contributed by atoms with Crippen LogP contribution in [0.2, 0.25) is 0 Å². The van der Waals surface area contributed by atoms with Gasteiger partial charge in [0, 0.05) is 36.2 Å². The van der Waals surface area contributed by atoms with Crippen molar-refractivity contribution in [2.75, 3.05) is 38.5 Å². The third kappa shape index (κ3) is 5.66. The number of nitrogens with zero attached hydrogens (tertiary/aromatic N) is 3. The Morgan fingerprint density at radius 1 is 1.25 bits per heavy atom. The summed E-state index contributed by atoms with van der Waals surface area (Å²) in [7, 11) is 2.10. The Morgan fingerprint density at radius 3 is 2.72 bits per heavy atom. The van der Waals surface area contributed by atoms with Crippen LogP contribution >= 0.6 is 15.9 Å². The van der Waals surface area contributed by atoms with Crippen LogP contribution in [0.3, 0.4) is 0 Å². The maximum absolute atomic E-state index is 13.1. The fourth-order valence-corrected chi connectivity index (χ4v) is 4.78. The van der Waals surface area contributed by atoms with Crippen molar-refractivity contribution in [3.8, 4) is 0 Å². The molecule has 172 valence electrons. The zero-order chi connectivity index (χ0) is 22.7. The van der Waals surface area contributed by atoms with Gasteiger partial charge in [0.2, 0.25) is 5.91 Å². The molecular formula is C24H32BrN5O2. The van der Waals surface area contributed by atoms with E-state index in [1.54, 1.807) is 0 Å². The molecule has 0 radical (unpaired) electrons. The average Bonchev–Trinajstić information content (AvgIpc) is 3.53. The van der Waals surface area contributed by atoms with Crippen molar-refractivity contribution in [1.82, 2.24) is 20.2 Å². The molecule has 4 rings (SSSR count). The van der Waals surface area contributed by atoms with Crippen LogP contribution in [0.4, 0.5) is 5.82 Å². The molecule has 0 bridgehead atoms. The predicted octanol–water partition coefficient (Wildman–Crippen LogP) is 3.43. The Balaban J connectivity index is 1.34. The molecule has 1 aromatic carbocycles. The summed E-state index contributed by atoms with van der Waals surface area (Å²) < 4.78 is 1.01. The van der Waals surface area contributed by atoms with Crippen LogP contribution in [-0.2, 0) is 4.79 Å². The number of amides is 1. The number of aliphatic hydroxyl groups excluding tert-OH is 1. The fraction of sp³-hybridized carbons (Fsp3) is 0.542. The molecule has 8 heteroatoms. The topological polar surface area (TPSA) is 90.4 Å². The fourth-order valence-electron chi connectivity index (χ4n) is 4.52. The van der Waals surface area contributed by atoms with Gasteiger partial charge in [0.25, 0.3) is 0 Å². The molecule has 0 aliphatic heterocycles. The van der Waals surface area contributed by atoms with E-state index in [1.165, 1.54) is 19.2 Å². The predicted molar refractivity (Wildman–Crippen MR) is 129 cm³/mol. The first-order valence-electron chi connectivity index (χ1n) is 11.4. The van der Waals surface area contributed by atoms with Crippen LogP contribution in [-0.4, -0.2) is 59.1 Å². The van der Waals surface area contributed by atoms with Crippen LogP contribution in [0.5, 0.6) is 0 Å². The Bertz CT molecular complexity index is 934. The summed E-state index contributed by atoms with van der Waals surface area (Å²) in [6.45, 7) is 4.88. The van der Waals surface area contributed by atoms with E-state index >= 15 is 0 Å². The normalized spacial score (nSPS) is 20.8. The summed E-state index contributed by atoms with van der Waals surface area (Å²) in [6, 6.07) is 8.02. The lowest BCUT2D eigenvalue weighted by molar-refractivity contribution is -0.122. The van der Waals surface area contributed by atoms with Crippen molar-refractivity contribution < 1.29 is 9.90 Å². The molecule has 2 aromatic rings. The van der Waals surface area contributed by atoms with E-state index in [1.807, 2.05) is 24.3 Å². The summed E-state index contributed by atoms with van der Waals surface area (Å²) in [5.41, 5.74) is 2.73. The highest BCUT2D eigenvalue weighted by Gasteiger charge is 2.31. The van der Waals surface area contributed by atoms with Crippen LogP contribution in [0.25, 0.3) is 0 Å². The number of nitrogens with one attached hydrogen (secondary N) is 2. The Kier molecular flexibility index (Phi) is 7.43. The van der Waals surface area contributed by atoms with Crippen molar-refractivity contribution in [3.63, 3.8) is 0 Å². The monoisotopic (exact) mass is 501 g/mol. The van der Waals surface area contributed by atoms with Crippen molar-refractivity contribution in [2.24, 2.45) is 5.92 Å². The lowest BCUT2D eigenvalue weighted by Gasteiger charge is -2.24. The number of hydrogen-bond donors (Lipinski definition) is 3. The number of hydrogen-bond acceptors (Lipinski definition) is 6. The number of rotatable bonds is 10. The second-order valence-electron chi connectivity index (χ2n) is 9.16. The van der Waals surface area contributed by atoms with Crippen LogP contribution in [0.1, 0.15) is 60.9 Å². The van der Waals surface area contributed by atoms with Gasteiger partial charge in [-0.25, -0.2) is 9.97 Å². The second kappa shape index (κ2) is 10.3. The highest BCUT2D eigenvalue weighted by molar-refractivity contribution is 9.10. The number of benzene rings is 1. The smallest absolute Gasteiger partial charge is 0.228 e. The van der Waals surface area contributed by atoms with Crippen LogP contribution in [0, 0.1) is 5.92 Å². The number of halogens is 1. The molecule has 1 aromatic heterocycles. The molecule has 0 unspecified atom stereocenters. The van der Waals surface area contributed by atoms with Crippen LogP contribution in [0.15, 0.2) is 35.1 Å². The summed E-state index contributed by atoms with van der Waals surface area (Å²) in [4.78, 5) is 24.0. The minimum absolute atomic E-state index is 0.0356. The maximum atomic E-state index is 13.1. The molecule has 1 heterocycles. The number of anilines is 1. The third-order valence-corrected chi connectivity index (χ3v) is 6.90. The number of aromatic nitrogens is 2. The second-order valence-corrected chi connectivity index (χ2v) is 10.1. The van der Waals surface area contributed by atoms with Gasteiger partial charge < -0.3 is 20.6 Å². The molecule has 1 fully saturated rings. The van der Waals surface area contributed by atoms with Gasteiger partial charge in [-0.1, -0.05) is 35.0 Å². The van der Waals surface area contributed by atoms with E-state index in [0.29, 0.717) is 31.7 Å². The van der Waals surface area contributed by atoms with Gasteiger partial charge in [0.1, 0.15) is 12.1 Å². The summed E-state index contributed by atoms with van der Waals surface area (Å²) in [5, 5.41) is 16.6. The largest absolute Gasteiger partial charge is 0.387 e. The Morgan fingerprint density at radius 2 is 2.00 bits per heavy atom. The molecule has 1 amide bonds. The van der Waals surface area contributed by atoms with Gasteiger partial charge in [-0.05, 0) is 55.8 Å². The molecule has 0 spiro atoms. The summed E-state index contributed by atoms with van der Waals surface area (Å²) >= 11 is 3.48. The Hall–Kier alpha value is -2.03. The average molecular weight is 502 g/mol. The lowest BCUT2D eigenvalue weighted by Crippen LogP contribution is -2.38. The molecule has 32 heavy (non-hydrogen) atoms. The maximum Gasteiger partial charge on any atom is 0.228 e. The third-order valence-electron chi connectivity index (χ3n) is 6.37. The van der Waals surface area contributed by atoms with Gasteiger partial charge in [-0.3, -0.25) is 4.79 Å². The minimum atomic E-state index is -0.525. The summed E-state index contributed by atoms with van der Waals surface area (Å²) in [6.07, 6.45) is 4.23. The molecular weight excluding hydrogens is 470 g/mol. The summed E-state index contributed by atoms with van der Waals surface area (Å²) in [5.74, 6) is 1.57. The first-order valence-corrected chi connectivity index (χ1v) is 12.2. The number of fused-ring (bicyclic) bond motifs is 1. The number of carbonyl (C=O) groups is 1. The van der Waals surface area contributed by atoms with Crippen LogP contribution < -0.4 is 10.6 Å². The SMILES string of the molecule is C[C@@H]1C[C@H](O)c2ncnc(NCCNC(=O)[C@H](CN(C)CC3CC3)c3ccc(Br)cc3)c21. The van der Waals surface area contributed by atoms with Crippen molar-refractivity contribution in [1.29, 1.82) is 0 Å². The molecule has 2 aliphatic rings. The number of aliphatic hydroxyl groups is 1. The van der Waals surface area contributed by atoms with Gasteiger partial charge in [0.05, 0.1) is 17.7 Å². The van der Waals surface area contributed by atoms with Crippen molar-refractivity contribution >= 4 is 27.7 Å². The van der Waals surface area contributed by atoms with E-state index < -0.39 is 6.10 Å². The highest BCUT2D eigenvalue weighted by atomic mass is 79.9. The zero-order valence-electron chi connectivity index (χ0n) is 18.7. The Labute approximate surface area is 198 Å². The minimum Gasteiger partial charge on any atom is -0.387 e. The molecule has 7 nitrogen and oxygen atoms in total. The zero-order valence-corrected chi connectivity index (χ0v) is 20.3. The van der Waals surface area contributed by atoms with E-state index in [0.717, 1.165) is 33.9 Å². The van der Waals surface area contributed by atoms with E-state index in [-0.39, 0.29) is 17.7 Å².